The molecule has 0 bridgehead atoms. The van der Waals surface area contributed by atoms with E-state index in [0.29, 0.717) is 6.42 Å². The molecule has 0 aliphatic rings. The van der Waals surface area contributed by atoms with Crippen LogP contribution < -0.4 is 29.6 Å². The Morgan fingerprint density at radius 1 is 0.615 bits per heavy atom. The van der Waals surface area contributed by atoms with Crippen molar-refractivity contribution in [3.8, 4) is 0 Å². The van der Waals surface area contributed by atoms with Crippen LogP contribution in [0.25, 0.3) is 0 Å². The predicted octanol–water partition coefficient (Wildman–Crippen LogP) is 3.52. The van der Waals surface area contributed by atoms with Gasteiger partial charge in [-0.15, -0.1) is 0 Å². The molecular formula is C19H41MgNaO5. The monoisotopic (exact) mass is 396 g/mol. The Balaban J connectivity index is -0.0000000982. The Morgan fingerprint density at radius 3 is 1.08 bits per heavy atom. The van der Waals surface area contributed by atoms with E-state index in [1.54, 1.807) is 0 Å². The van der Waals surface area contributed by atoms with Gasteiger partial charge in [-0.05, 0) is 6.42 Å². The third kappa shape index (κ3) is 44.2. The van der Waals surface area contributed by atoms with Gasteiger partial charge >= 0.3 is 64.7 Å². The summed E-state index contributed by atoms with van der Waals surface area (Å²) in [7, 11) is 0. The van der Waals surface area contributed by atoms with Crippen LogP contribution >= 0.6 is 0 Å². The van der Waals surface area contributed by atoms with E-state index in [2.05, 4.69) is 6.92 Å². The largest absolute Gasteiger partial charge is 2.00 e. The van der Waals surface area contributed by atoms with Crippen molar-refractivity contribution in [2.75, 3.05) is 0 Å². The zero-order chi connectivity index (χ0) is 18.5. The van der Waals surface area contributed by atoms with Crippen molar-refractivity contribution in [1.82, 2.24) is 0 Å². The summed E-state index contributed by atoms with van der Waals surface area (Å²) >= 11 is 0. The summed E-state index contributed by atoms with van der Waals surface area (Å²) in [6, 6.07) is 0. The van der Waals surface area contributed by atoms with Crippen molar-refractivity contribution in [3.63, 3.8) is 0 Å². The second-order valence-corrected chi connectivity index (χ2v) is 6.38. The minimum absolute atomic E-state index is 0. The maximum atomic E-state index is 10.3. The molecular weight excluding hydrogens is 355 g/mol. The molecule has 0 fully saturated rings. The molecule has 7 heteroatoms. The van der Waals surface area contributed by atoms with Crippen molar-refractivity contribution >= 4 is 35.2 Å². The molecule has 0 radical (unpaired) electrons. The molecule has 0 aliphatic heterocycles. The number of carboxylic acids is 1. The zero-order valence-corrected chi connectivity index (χ0v) is 20.6. The molecule has 0 saturated heterocycles. The summed E-state index contributed by atoms with van der Waals surface area (Å²) in [4.78, 5) is 18.9. The maximum absolute atomic E-state index is 10.3. The van der Waals surface area contributed by atoms with Crippen LogP contribution in [-0.4, -0.2) is 50.5 Å². The van der Waals surface area contributed by atoms with Gasteiger partial charge in [0.25, 0.3) is 0 Å². The van der Waals surface area contributed by atoms with Crippen LogP contribution in [0.2, 0.25) is 0 Å². The van der Waals surface area contributed by atoms with E-state index >= 15 is 0 Å². The SMILES string of the molecule is CCCCCCCCCCCCCCCCCC(=O)O.O=C(O)O.[H-].[H-].[H-].[Mg+2].[Na+]. The van der Waals surface area contributed by atoms with Crippen molar-refractivity contribution < 1.29 is 58.7 Å². The average molecular weight is 397 g/mol. The minimum atomic E-state index is -1.83. The fraction of sp³-hybridized carbons (Fsp3) is 0.895. The first-order valence-electron chi connectivity index (χ1n) is 9.64. The van der Waals surface area contributed by atoms with Crippen LogP contribution in [0.5, 0.6) is 0 Å². The molecule has 0 aromatic heterocycles. The minimum Gasteiger partial charge on any atom is -1.00 e. The molecule has 150 valence electrons. The second-order valence-electron chi connectivity index (χ2n) is 6.38. The van der Waals surface area contributed by atoms with E-state index in [4.69, 9.17) is 20.1 Å². The molecule has 0 unspecified atom stereocenters. The van der Waals surface area contributed by atoms with E-state index < -0.39 is 12.1 Å². The molecule has 0 heterocycles. The smallest absolute Gasteiger partial charge is 1.00 e. The molecule has 0 spiro atoms. The molecule has 0 aromatic carbocycles. The number of carbonyl (C=O) groups is 2. The van der Waals surface area contributed by atoms with Crippen LogP contribution in [-0.2, 0) is 4.79 Å². The Bertz CT molecular complexity index is 301. The third-order valence-corrected chi connectivity index (χ3v) is 3.99. The van der Waals surface area contributed by atoms with Crippen molar-refractivity contribution in [1.29, 1.82) is 0 Å². The van der Waals surface area contributed by atoms with Gasteiger partial charge in [0.1, 0.15) is 0 Å². The van der Waals surface area contributed by atoms with E-state index in [-0.39, 0.29) is 56.9 Å². The summed E-state index contributed by atoms with van der Waals surface area (Å²) in [6.45, 7) is 2.27. The molecule has 0 atom stereocenters. The van der Waals surface area contributed by atoms with Gasteiger partial charge in [-0.3, -0.25) is 4.79 Å². The molecule has 0 rings (SSSR count). The van der Waals surface area contributed by atoms with Gasteiger partial charge in [0.2, 0.25) is 0 Å². The number of aliphatic carboxylic acids is 1. The van der Waals surface area contributed by atoms with E-state index in [1.807, 2.05) is 0 Å². The molecule has 0 aromatic rings. The normalized spacial score (nSPS) is 9.27. The molecule has 0 aliphatic carbocycles. The number of unbranched alkanes of at least 4 members (excludes halogenated alkanes) is 14. The summed E-state index contributed by atoms with van der Waals surface area (Å²) in [5.74, 6) is -0.653. The van der Waals surface area contributed by atoms with E-state index in [0.717, 1.165) is 12.8 Å². The summed E-state index contributed by atoms with van der Waals surface area (Å²) < 4.78 is 0. The molecule has 5 nitrogen and oxygen atoms in total. The Morgan fingerprint density at radius 2 is 0.846 bits per heavy atom. The second kappa shape index (κ2) is 30.2. The molecule has 0 amide bonds. The third-order valence-electron chi connectivity index (χ3n) is 3.99. The zero-order valence-electron chi connectivity index (χ0n) is 20.2. The quantitative estimate of drug-likeness (QED) is 0.274. The Kier molecular flexibility index (Phi) is 39.6. The number of rotatable bonds is 16. The fourth-order valence-electron chi connectivity index (χ4n) is 2.65. The fourth-order valence-corrected chi connectivity index (χ4v) is 2.65. The van der Waals surface area contributed by atoms with Crippen LogP contribution in [0.3, 0.4) is 0 Å². The first-order chi connectivity index (χ1) is 11.5. The van der Waals surface area contributed by atoms with Crippen LogP contribution in [0.1, 0.15) is 114 Å². The molecule has 26 heavy (non-hydrogen) atoms. The van der Waals surface area contributed by atoms with Crippen molar-refractivity contribution in [3.05, 3.63) is 0 Å². The molecule has 3 N–H and O–H groups in total. The number of hydrogen-bond donors (Lipinski definition) is 3. The summed E-state index contributed by atoms with van der Waals surface area (Å²) in [5, 5.41) is 22.5. The number of hydrogen-bond acceptors (Lipinski definition) is 2. The van der Waals surface area contributed by atoms with Crippen LogP contribution in [0.4, 0.5) is 4.79 Å². The van der Waals surface area contributed by atoms with Gasteiger partial charge < -0.3 is 19.6 Å². The maximum Gasteiger partial charge on any atom is 2.00 e. The van der Waals surface area contributed by atoms with Crippen LogP contribution in [0, 0.1) is 0 Å². The van der Waals surface area contributed by atoms with Gasteiger partial charge in [0.05, 0.1) is 0 Å². The van der Waals surface area contributed by atoms with Gasteiger partial charge in [0, 0.05) is 6.42 Å². The first-order valence-corrected chi connectivity index (χ1v) is 9.64. The first kappa shape index (κ1) is 34.0. The van der Waals surface area contributed by atoms with Crippen LogP contribution in [0.15, 0.2) is 0 Å². The number of carboxylic acid groups (broad SMARTS) is 3. The van der Waals surface area contributed by atoms with Crippen molar-refractivity contribution in [2.24, 2.45) is 0 Å². The Hall–Kier alpha value is 0.506. The van der Waals surface area contributed by atoms with E-state index in [1.165, 1.54) is 83.5 Å². The van der Waals surface area contributed by atoms with Gasteiger partial charge in [0.15, 0.2) is 0 Å². The van der Waals surface area contributed by atoms with E-state index in [9.17, 15) is 4.79 Å². The Labute approximate surface area is 202 Å². The summed E-state index contributed by atoms with van der Waals surface area (Å²) in [6.07, 6.45) is 18.4. The van der Waals surface area contributed by atoms with Crippen molar-refractivity contribution in [2.45, 2.75) is 110 Å². The van der Waals surface area contributed by atoms with Gasteiger partial charge in [-0.1, -0.05) is 96.8 Å². The standard InChI is InChI=1S/C18H36O2.CH2O3.Mg.Na.3H/c1-2-3-4-5-6-7-8-9-10-11-12-13-14-15-16-17-18(19)20;2-1(3)4;;;;;/h2-17H2,1H3,(H,19,20);(H2,2,3,4);;;;;/q;;+2;+1;3*-1. The van der Waals surface area contributed by atoms with Gasteiger partial charge in [-0.2, -0.15) is 0 Å². The average Bonchev–Trinajstić information content (AvgIpc) is 2.50. The van der Waals surface area contributed by atoms with Gasteiger partial charge in [-0.25, -0.2) is 4.79 Å². The molecule has 0 saturated carbocycles. The predicted molar refractivity (Wildman–Crippen MR) is 107 cm³/mol. The topological polar surface area (TPSA) is 94.8 Å². The summed E-state index contributed by atoms with van der Waals surface area (Å²) in [5.41, 5.74) is 0.